The average molecular weight is 271 g/mol. The van der Waals surface area contributed by atoms with Gasteiger partial charge >= 0.3 is 0 Å². The lowest BCUT2D eigenvalue weighted by Crippen LogP contribution is -2.22. The Hall–Kier alpha value is -1.61. The molecular weight excluding hydrogens is 246 g/mol. The van der Waals surface area contributed by atoms with Crippen LogP contribution >= 0.6 is 0 Å². The second-order valence-corrected chi connectivity index (χ2v) is 5.33. The van der Waals surface area contributed by atoms with Crippen LogP contribution in [0.15, 0.2) is 42.6 Å². The first-order valence-corrected chi connectivity index (χ1v) is 7.53. The molecule has 1 unspecified atom stereocenters. The van der Waals surface area contributed by atoms with Crippen molar-refractivity contribution in [2.75, 3.05) is 13.1 Å². The number of benzene rings is 1. The first kappa shape index (κ1) is 14.8. The molecule has 0 saturated heterocycles. The van der Waals surface area contributed by atoms with Gasteiger partial charge in [0.2, 0.25) is 0 Å². The highest BCUT2D eigenvalue weighted by Gasteiger charge is 2.11. The van der Waals surface area contributed by atoms with Crippen LogP contribution in [0.4, 0.5) is 0 Å². The molecule has 0 bridgehead atoms. The highest BCUT2D eigenvalue weighted by atomic mass is 15.2. The molecule has 0 spiro atoms. The molecule has 0 amide bonds. The lowest BCUT2D eigenvalue weighted by atomic mass is 9.93. The lowest BCUT2D eigenvalue weighted by Gasteiger charge is -2.17. The standard InChI is InChI=1S/C17H25N3/c1-3-12-18-14-16(15-7-5-4-6-8-15)9-10-17-11-13-20(2)19-17/h4-8,11,13,16,18H,3,9-10,12,14H2,1-2H3. The van der Waals surface area contributed by atoms with Crippen LogP contribution in [0.25, 0.3) is 0 Å². The van der Waals surface area contributed by atoms with Gasteiger partial charge in [-0.05, 0) is 43.4 Å². The van der Waals surface area contributed by atoms with Gasteiger partial charge in [-0.25, -0.2) is 0 Å². The van der Waals surface area contributed by atoms with Crippen LogP contribution in [0.2, 0.25) is 0 Å². The summed E-state index contributed by atoms with van der Waals surface area (Å²) in [6.07, 6.45) is 5.37. The predicted molar refractivity (Wildman–Crippen MR) is 83.9 cm³/mol. The maximum Gasteiger partial charge on any atom is 0.0624 e. The maximum atomic E-state index is 4.47. The molecule has 1 heterocycles. The second kappa shape index (κ2) is 7.85. The van der Waals surface area contributed by atoms with E-state index in [1.54, 1.807) is 0 Å². The van der Waals surface area contributed by atoms with Gasteiger partial charge in [0.05, 0.1) is 5.69 Å². The van der Waals surface area contributed by atoms with Crippen molar-refractivity contribution in [3.63, 3.8) is 0 Å². The minimum atomic E-state index is 0.560. The lowest BCUT2D eigenvalue weighted by molar-refractivity contribution is 0.544. The SMILES string of the molecule is CCCNCC(CCc1ccn(C)n1)c1ccccc1. The van der Waals surface area contributed by atoms with Crippen LogP contribution in [0.5, 0.6) is 0 Å². The molecule has 1 N–H and O–H groups in total. The molecule has 0 aliphatic rings. The first-order chi connectivity index (χ1) is 9.79. The summed E-state index contributed by atoms with van der Waals surface area (Å²) in [6.45, 7) is 4.34. The second-order valence-electron chi connectivity index (χ2n) is 5.33. The summed E-state index contributed by atoms with van der Waals surface area (Å²) in [5.74, 6) is 0.560. The van der Waals surface area contributed by atoms with Crippen molar-refractivity contribution in [3.05, 3.63) is 53.9 Å². The van der Waals surface area contributed by atoms with Crippen molar-refractivity contribution in [1.82, 2.24) is 15.1 Å². The Bertz CT molecular complexity index is 490. The monoisotopic (exact) mass is 271 g/mol. The molecule has 20 heavy (non-hydrogen) atoms. The Labute approximate surface area is 122 Å². The smallest absolute Gasteiger partial charge is 0.0624 e. The number of hydrogen-bond donors (Lipinski definition) is 1. The predicted octanol–water partition coefficient (Wildman–Crippen LogP) is 3.14. The number of nitrogens with zero attached hydrogens (tertiary/aromatic N) is 2. The topological polar surface area (TPSA) is 29.9 Å². The van der Waals surface area contributed by atoms with Gasteiger partial charge in [0.25, 0.3) is 0 Å². The highest BCUT2D eigenvalue weighted by Crippen LogP contribution is 2.20. The van der Waals surface area contributed by atoms with Crippen LogP contribution in [-0.2, 0) is 13.5 Å². The van der Waals surface area contributed by atoms with Crippen molar-refractivity contribution < 1.29 is 0 Å². The fraction of sp³-hybridized carbons (Fsp3) is 0.471. The zero-order valence-electron chi connectivity index (χ0n) is 12.5. The zero-order valence-corrected chi connectivity index (χ0v) is 12.5. The van der Waals surface area contributed by atoms with E-state index in [1.165, 1.54) is 17.7 Å². The third-order valence-corrected chi connectivity index (χ3v) is 3.61. The summed E-state index contributed by atoms with van der Waals surface area (Å²) in [7, 11) is 1.97. The van der Waals surface area contributed by atoms with E-state index in [9.17, 15) is 0 Å². The maximum absolute atomic E-state index is 4.47. The molecule has 0 aliphatic carbocycles. The number of rotatable bonds is 8. The Morgan fingerprint density at radius 3 is 2.65 bits per heavy atom. The number of nitrogens with one attached hydrogen (secondary N) is 1. The van der Waals surface area contributed by atoms with E-state index in [2.05, 4.69) is 53.7 Å². The minimum absolute atomic E-state index is 0.560. The van der Waals surface area contributed by atoms with E-state index in [0.717, 1.165) is 25.9 Å². The Balaban J connectivity index is 1.95. The van der Waals surface area contributed by atoms with E-state index >= 15 is 0 Å². The van der Waals surface area contributed by atoms with Gasteiger partial charge in [0, 0.05) is 19.8 Å². The minimum Gasteiger partial charge on any atom is -0.316 e. The van der Waals surface area contributed by atoms with Gasteiger partial charge in [-0.15, -0.1) is 0 Å². The molecule has 1 atom stereocenters. The van der Waals surface area contributed by atoms with Crippen molar-refractivity contribution in [2.45, 2.75) is 32.1 Å². The van der Waals surface area contributed by atoms with E-state index in [-0.39, 0.29) is 0 Å². The van der Waals surface area contributed by atoms with E-state index in [0.29, 0.717) is 5.92 Å². The fourth-order valence-corrected chi connectivity index (χ4v) is 2.48. The van der Waals surface area contributed by atoms with E-state index in [1.807, 2.05) is 17.9 Å². The number of aromatic nitrogens is 2. The van der Waals surface area contributed by atoms with Gasteiger partial charge in [0.1, 0.15) is 0 Å². The number of hydrogen-bond acceptors (Lipinski definition) is 2. The van der Waals surface area contributed by atoms with Crippen LogP contribution in [0.3, 0.4) is 0 Å². The molecule has 1 aromatic heterocycles. The summed E-state index contributed by atoms with van der Waals surface area (Å²) in [5.41, 5.74) is 2.61. The van der Waals surface area contributed by atoms with Gasteiger partial charge in [0.15, 0.2) is 0 Å². The third-order valence-electron chi connectivity index (χ3n) is 3.61. The molecule has 0 aliphatic heterocycles. The van der Waals surface area contributed by atoms with Crippen LogP contribution in [-0.4, -0.2) is 22.9 Å². The molecule has 1 aromatic carbocycles. The molecule has 2 aromatic rings. The van der Waals surface area contributed by atoms with Crippen LogP contribution < -0.4 is 5.32 Å². The Kier molecular flexibility index (Phi) is 5.81. The Morgan fingerprint density at radius 2 is 2.00 bits per heavy atom. The highest BCUT2D eigenvalue weighted by molar-refractivity contribution is 5.20. The van der Waals surface area contributed by atoms with Gasteiger partial charge in [-0.3, -0.25) is 4.68 Å². The molecule has 3 heteroatoms. The normalized spacial score (nSPS) is 12.5. The largest absolute Gasteiger partial charge is 0.316 e. The van der Waals surface area contributed by atoms with E-state index < -0.39 is 0 Å². The van der Waals surface area contributed by atoms with Crippen molar-refractivity contribution >= 4 is 0 Å². The molecule has 108 valence electrons. The van der Waals surface area contributed by atoms with Gasteiger partial charge in [-0.2, -0.15) is 5.10 Å². The average Bonchev–Trinajstić information content (AvgIpc) is 2.89. The molecule has 0 saturated carbocycles. The van der Waals surface area contributed by atoms with Crippen LogP contribution in [0.1, 0.15) is 36.9 Å². The van der Waals surface area contributed by atoms with Gasteiger partial charge in [-0.1, -0.05) is 37.3 Å². The van der Waals surface area contributed by atoms with Crippen molar-refractivity contribution in [3.8, 4) is 0 Å². The quantitative estimate of drug-likeness (QED) is 0.748. The summed E-state index contributed by atoms with van der Waals surface area (Å²) >= 11 is 0. The molecule has 3 nitrogen and oxygen atoms in total. The molecular formula is C17H25N3. The fourth-order valence-electron chi connectivity index (χ4n) is 2.48. The molecule has 2 rings (SSSR count). The van der Waals surface area contributed by atoms with Crippen molar-refractivity contribution in [2.24, 2.45) is 7.05 Å². The summed E-state index contributed by atoms with van der Waals surface area (Å²) < 4.78 is 1.88. The van der Waals surface area contributed by atoms with Crippen molar-refractivity contribution in [1.29, 1.82) is 0 Å². The zero-order chi connectivity index (χ0) is 14.2. The van der Waals surface area contributed by atoms with E-state index in [4.69, 9.17) is 0 Å². The molecule has 0 radical (unpaired) electrons. The van der Waals surface area contributed by atoms with Gasteiger partial charge < -0.3 is 5.32 Å². The summed E-state index contributed by atoms with van der Waals surface area (Å²) in [4.78, 5) is 0. The third kappa shape index (κ3) is 4.49. The Morgan fingerprint density at radius 1 is 1.20 bits per heavy atom. The summed E-state index contributed by atoms with van der Waals surface area (Å²) in [6, 6.07) is 12.9. The molecule has 0 fully saturated rings. The van der Waals surface area contributed by atoms with Crippen LogP contribution in [0, 0.1) is 0 Å². The number of aryl methyl sites for hydroxylation is 2. The summed E-state index contributed by atoms with van der Waals surface area (Å²) in [5, 5.41) is 8.02. The first-order valence-electron chi connectivity index (χ1n) is 7.53.